The van der Waals surface area contributed by atoms with Crippen LogP contribution in [0.3, 0.4) is 0 Å². The summed E-state index contributed by atoms with van der Waals surface area (Å²) in [6.45, 7) is 20.4. The van der Waals surface area contributed by atoms with Gasteiger partial charge in [0, 0.05) is 31.1 Å². The van der Waals surface area contributed by atoms with E-state index in [9.17, 15) is 4.79 Å². The first-order valence-corrected chi connectivity index (χ1v) is 21.1. The van der Waals surface area contributed by atoms with Crippen molar-refractivity contribution in [1.29, 1.82) is 0 Å². The molecule has 1 aromatic heterocycles. The fourth-order valence-electron chi connectivity index (χ4n) is 7.64. The Morgan fingerprint density at radius 2 is 1.79 bits per heavy atom. The lowest BCUT2D eigenvalue weighted by Gasteiger charge is -2.42. The molecule has 4 aliphatic heterocycles. The van der Waals surface area contributed by atoms with E-state index in [1.165, 1.54) is 0 Å². The molecule has 0 spiro atoms. The molecule has 2 unspecified atom stereocenters. The van der Waals surface area contributed by atoms with Crippen LogP contribution in [0.4, 0.5) is 15.0 Å². The van der Waals surface area contributed by atoms with E-state index < -0.39 is 19.7 Å². The number of aromatic nitrogens is 2. The number of hydrogen-bond donors (Lipinski definition) is 0. The number of ether oxygens (including phenoxy) is 2. The molecule has 0 aliphatic carbocycles. The maximum absolute atomic E-state index is 15.8. The van der Waals surface area contributed by atoms with Crippen LogP contribution in [0.1, 0.15) is 80.1 Å². The van der Waals surface area contributed by atoms with Gasteiger partial charge in [-0.3, -0.25) is 9.80 Å². The van der Waals surface area contributed by atoms with Gasteiger partial charge in [0.1, 0.15) is 23.5 Å². The summed E-state index contributed by atoms with van der Waals surface area (Å²) in [6, 6.07) is 2.15. The number of piperazine rings is 1. The van der Waals surface area contributed by atoms with Gasteiger partial charge in [0.25, 0.3) is 0 Å². The summed E-state index contributed by atoms with van der Waals surface area (Å²) < 4.78 is 34.8. The van der Waals surface area contributed by atoms with Crippen molar-refractivity contribution in [2.24, 2.45) is 0 Å². The van der Waals surface area contributed by atoms with Gasteiger partial charge in [-0.25, -0.2) is 9.18 Å². The van der Waals surface area contributed by atoms with Crippen LogP contribution in [-0.2, 0) is 9.16 Å². The predicted octanol–water partition coefficient (Wildman–Crippen LogP) is 8.17. The highest BCUT2D eigenvalue weighted by atomic mass is 79.9. The summed E-state index contributed by atoms with van der Waals surface area (Å²) in [5.74, 6) is 0.0348. The average molecular weight is 755 g/mol. The molecule has 260 valence electrons. The molecule has 4 fully saturated rings. The summed E-state index contributed by atoms with van der Waals surface area (Å²) in [4.78, 5) is 29.3. The number of rotatable bonds is 7. The van der Waals surface area contributed by atoms with Crippen LogP contribution in [0.5, 0.6) is 6.01 Å². The van der Waals surface area contributed by atoms with Gasteiger partial charge in [-0.2, -0.15) is 9.97 Å². The van der Waals surface area contributed by atoms with Crippen molar-refractivity contribution in [3.05, 3.63) is 21.4 Å². The number of nitrogens with zero attached hydrogens (tertiary/aromatic N) is 5. The highest BCUT2D eigenvalue weighted by Gasteiger charge is 2.51. The number of hydrogen-bond acceptors (Lipinski definition) is 8. The maximum Gasteiger partial charge on any atom is 0.410 e. The van der Waals surface area contributed by atoms with Gasteiger partial charge in [0.05, 0.1) is 27.1 Å². The van der Waals surface area contributed by atoms with Crippen LogP contribution in [0.2, 0.25) is 23.2 Å². The summed E-state index contributed by atoms with van der Waals surface area (Å²) >= 11 is 9.77. The van der Waals surface area contributed by atoms with E-state index in [4.69, 9.17) is 30.5 Å². The molecule has 0 N–H and O–H groups in total. The first kappa shape index (κ1) is 35.1. The molecule has 6 rings (SSSR count). The van der Waals surface area contributed by atoms with Crippen molar-refractivity contribution >= 4 is 58.7 Å². The van der Waals surface area contributed by atoms with Crippen molar-refractivity contribution in [3.63, 3.8) is 0 Å². The SMILES string of the molecule is CC(C)(C)OC(=O)N1[C@@H]2CC[C@H]1CN(c1nc(OCC34CCCN3C(CO[Si](C)(C)C(C)(C)C)CC4)nc3c(F)c(Br)c(Cl)cc13)C2. The minimum Gasteiger partial charge on any atom is -0.461 e. The molecule has 4 aliphatic rings. The zero-order valence-electron chi connectivity index (χ0n) is 29.1. The highest BCUT2D eigenvalue weighted by molar-refractivity contribution is 9.10. The van der Waals surface area contributed by atoms with E-state index in [-0.39, 0.29) is 49.8 Å². The normalized spacial score (nSPS) is 26.7. The van der Waals surface area contributed by atoms with Crippen molar-refractivity contribution < 1.29 is 23.1 Å². The number of fused-ring (bicyclic) bond motifs is 4. The Kier molecular flexibility index (Phi) is 9.37. The largest absolute Gasteiger partial charge is 0.461 e. The number of halogens is 3. The van der Waals surface area contributed by atoms with Crippen molar-refractivity contribution in [2.45, 2.75) is 127 Å². The monoisotopic (exact) mass is 753 g/mol. The van der Waals surface area contributed by atoms with Crippen molar-refractivity contribution in [3.8, 4) is 6.01 Å². The van der Waals surface area contributed by atoms with Crippen molar-refractivity contribution in [1.82, 2.24) is 19.8 Å². The van der Waals surface area contributed by atoms with Gasteiger partial charge < -0.3 is 18.8 Å². The maximum atomic E-state index is 15.8. The standard InChI is InChI=1S/C34H50BrClFN5O4Si/c1-32(2,3)46-31(43)42-21-10-11-22(42)18-40(17-21)29-24-16-25(36)26(35)27(37)28(24)38-30(39-29)44-20-34-13-9-15-41(34)23(12-14-34)19-45-47(7,8)33(4,5)6/h16,21-23H,9-15,17-20H2,1-8H3/t21-,22+,23?,34?. The quantitative estimate of drug-likeness (QED) is 0.207. The van der Waals surface area contributed by atoms with E-state index in [1.807, 2.05) is 25.7 Å². The summed E-state index contributed by atoms with van der Waals surface area (Å²) in [5, 5.41) is 0.942. The third kappa shape index (κ3) is 6.75. The molecule has 4 atom stereocenters. The third-order valence-electron chi connectivity index (χ3n) is 11.1. The van der Waals surface area contributed by atoms with Gasteiger partial charge in [0.2, 0.25) is 0 Å². The second-order valence-corrected chi connectivity index (χ2v) is 22.5. The van der Waals surface area contributed by atoms with Gasteiger partial charge in [-0.05, 0) is 106 Å². The third-order valence-corrected chi connectivity index (χ3v) is 16.9. The van der Waals surface area contributed by atoms with Crippen LogP contribution < -0.4 is 9.64 Å². The van der Waals surface area contributed by atoms with E-state index >= 15 is 4.39 Å². The Labute approximate surface area is 293 Å². The molecule has 2 aromatic rings. The molecule has 0 saturated carbocycles. The number of amides is 1. The Morgan fingerprint density at radius 1 is 1.11 bits per heavy atom. The van der Waals surface area contributed by atoms with Gasteiger partial charge in [-0.1, -0.05) is 32.4 Å². The Bertz CT molecular complexity index is 1520. The lowest BCUT2D eigenvalue weighted by Crippen LogP contribution is -2.57. The lowest BCUT2D eigenvalue weighted by molar-refractivity contribution is 0.0122. The second kappa shape index (κ2) is 12.5. The van der Waals surface area contributed by atoms with Crippen LogP contribution >= 0.6 is 27.5 Å². The second-order valence-electron chi connectivity index (χ2n) is 16.5. The fourth-order valence-corrected chi connectivity index (χ4v) is 9.18. The Hall–Kier alpha value is -1.73. The van der Waals surface area contributed by atoms with Crippen molar-refractivity contribution in [2.75, 3.05) is 37.7 Å². The smallest absolute Gasteiger partial charge is 0.410 e. The minimum absolute atomic E-state index is 0.0383. The summed E-state index contributed by atoms with van der Waals surface area (Å²) in [7, 11) is -1.86. The molecule has 0 radical (unpaired) electrons. The topological polar surface area (TPSA) is 80.3 Å². The molecule has 4 saturated heterocycles. The molecule has 9 nitrogen and oxygen atoms in total. The van der Waals surface area contributed by atoms with Crippen LogP contribution in [0.15, 0.2) is 10.5 Å². The van der Waals surface area contributed by atoms with Gasteiger partial charge in [0.15, 0.2) is 14.1 Å². The van der Waals surface area contributed by atoms with E-state index in [2.05, 4.69) is 64.6 Å². The number of carbonyl (C=O) groups is 1. The molecular formula is C34H50BrClFN5O4Si. The molecular weight excluding hydrogens is 705 g/mol. The molecule has 13 heteroatoms. The molecule has 2 bridgehead atoms. The van der Waals surface area contributed by atoms with Crippen LogP contribution in [0, 0.1) is 5.82 Å². The predicted molar refractivity (Wildman–Crippen MR) is 190 cm³/mol. The van der Waals surface area contributed by atoms with Gasteiger partial charge >= 0.3 is 12.1 Å². The molecule has 1 aromatic carbocycles. The summed E-state index contributed by atoms with van der Waals surface area (Å²) in [5.41, 5.74) is -0.524. The number of carbonyl (C=O) groups excluding carboxylic acids is 1. The van der Waals surface area contributed by atoms with E-state index in [0.29, 0.717) is 36.9 Å². The lowest BCUT2D eigenvalue weighted by atomic mass is 9.95. The fraction of sp³-hybridized carbons (Fsp3) is 0.735. The highest BCUT2D eigenvalue weighted by Crippen LogP contribution is 2.45. The first-order valence-electron chi connectivity index (χ1n) is 17.0. The Balaban J connectivity index is 1.24. The summed E-state index contributed by atoms with van der Waals surface area (Å²) in [6.07, 6.45) is 5.67. The van der Waals surface area contributed by atoms with Gasteiger partial charge in [-0.15, -0.1) is 0 Å². The first-order chi connectivity index (χ1) is 21.9. The van der Waals surface area contributed by atoms with E-state index in [1.54, 1.807) is 6.07 Å². The average Bonchev–Trinajstić information content (AvgIpc) is 3.62. The van der Waals surface area contributed by atoms with E-state index in [0.717, 1.165) is 51.7 Å². The molecule has 47 heavy (non-hydrogen) atoms. The minimum atomic E-state index is -1.86. The molecule has 1 amide bonds. The molecule has 5 heterocycles. The number of benzene rings is 1. The zero-order chi connectivity index (χ0) is 34.1. The van der Waals surface area contributed by atoms with Crippen LogP contribution in [-0.4, -0.2) is 96.3 Å². The zero-order valence-corrected chi connectivity index (χ0v) is 32.4. The Morgan fingerprint density at radius 3 is 2.43 bits per heavy atom. The van der Waals surface area contributed by atoms with Crippen LogP contribution in [0.25, 0.3) is 10.9 Å². The number of anilines is 1.